The molecule has 0 aromatic rings. The predicted molar refractivity (Wildman–Crippen MR) is 84.0 cm³/mol. The molecule has 0 saturated carbocycles. The maximum Gasteiger partial charge on any atom is 0.242 e. The molecule has 2 atom stereocenters. The maximum absolute atomic E-state index is 12.6. The number of sulfonamides is 1. The van der Waals surface area contributed by atoms with Gasteiger partial charge in [0.15, 0.2) is 0 Å². The van der Waals surface area contributed by atoms with Crippen molar-refractivity contribution in [2.24, 2.45) is 0 Å². The van der Waals surface area contributed by atoms with E-state index in [2.05, 4.69) is 5.32 Å². The van der Waals surface area contributed by atoms with Gasteiger partial charge in [0.1, 0.15) is 6.04 Å². The summed E-state index contributed by atoms with van der Waals surface area (Å²) in [6, 6.07) is -0.292. The van der Waals surface area contributed by atoms with Gasteiger partial charge in [-0.05, 0) is 19.8 Å². The second-order valence-corrected chi connectivity index (χ2v) is 7.97. The lowest BCUT2D eigenvalue weighted by Gasteiger charge is -2.39. The molecule has 2 rings (SSSR count). The Morgan fingerprint density at radius 1 is 1.36 bits per heavy atom. The highest BCUT2D eigenvalue weighted by Gasteiger charge is 2.35. The third-order valence-electron chi connectivity index (χ3n) is 4.50. The van der Waals surface area contributed by atoms with Crippen molar-refractivity contribution in [1.82, 2.24) is 14.5 Å². The van der Waals surface area contributed by atoms with Gasteiger partial charge in [0, 0.05) is 32.2 Å². The van der Waals surface area contributed by atoms with Crippen molar-refractivity contribution in [3.05, 3.63) is 0 Å². The summed E-state index contributed by atoms with van der Waals surface area (Å²) in [5.41, 5.74) is 0. The summed E-state index contributed by atoms with van der Waals surface area (Å²) in [6.45, 7) is 6.75. The molecular weight excluding hydrogens is 306 g/mol. The van der Waals surface area contributed by atoms with Crippen molar-refractivity contribution in [3.8, 4) is 0 Å². The minimum atomic E-state index is -3.18. The zero-order valence-electron chi connectivity index (χ0n) is 13.6. The van der Waals surface area contributed by atoms with E-state index in [4.69, 9.17) is 4.74 Å². The first-order valence-corrected chi connectivity index (χ1v) is 9.80. The van der Waals surface area contributed by atoms with Gasteiger partial charge in [-0.1, -0.05) is 6.92 Å². The predicted octanol–water partition coefficient (Wildman–Crippen LogP) is -0.364. The summed E-state index contributed by atoms with van der Waals surface area (Å²) in [5, 5.41) is 3.21. The number of carbonyl (C=O) groups is 1. The van der Waals surface area contributed by atoms with Gasteiger partial charge in [0.05, 0.1) is 19.0 Å². The second-order valence-electron chi connectivity index (χ2n) is 6.03. The van der Waals surface area contributed by atoms with E-state index < -0.39 is 10.0 Å². The van der Waals surface area contributed by atoms with Crippen LogP contribution in [0, 0.1) is 0 Å². The average molecular weight is 333 g/mol. The Labute approximate surface area is 133 Å². The van der Waals surface area contributed by atoms with E-state index >= 15 is 0 Å². The molecule has 7 nitrogen and oxygen atoms in total. The van der Waals surface area contributed by atoms with Crippen LogP contribution in [0.5, 0.6) is 0 Å². The molecule has 2 aliphatic heterocycles. The van der Waals surface area contributed by atoms with Crippen molar-refractivity contribution < 1.29 is 17.9 Å². The SMILES string of the molecule is CCN(C1CCN(C(=O)[C@H]2NCCO[C@@H]2C)CC1)S(C)(=O)=O. The smallest absolute Gasteiger partial charge is 0.242 e. The zero-order valence-corrected chi connectivity index (χ0v) is 14.4. The molecule has 0 bridgehead atoms. The lowest BCUT2D eigenvalue weighted by Crippen LogP contribution is -2.58. The highest BCUT2D eigenvalue weighted by Crippen LogP contribution is 2.20. The first-order chi connectivity index (χ1) is 10.3. The van der Waals surface area contributed by atoms with Crippen molar-refractivity contribution in [3.63, 3.8) is 0 Å². The van der Waals surface area contributed by atoms with Crippen LogP contribution in [0.25, 0.3) is 0 Å². The van der Waals surface area contributed by atoms with Crippen LogP contribution < -0.4 is 5.32 Å². The number of amides is 1. The first-order valence-electron chi connectivity index (χ1n) is 7.95. The average Bonchev–Trinajstić information content (AvgIpc) is 2.47. The number of hydrogen-bond donors (Lipinski definition) is 1. The highest BCUT2D eigenvalue weighted by molar-refractivity contribution is 7.88. The number of likely N-dealkylation sites (tertiary alicyclic amines) is 1. The molecule has 0 aliphatic carbocycles. The highest BCUT2D eigenvalue weighted by atomic mass is 32.2. The molecule has 22 heavy (non-hydrogen) atoms. The van der Waals surface area contributed by atoms with E-state index in [9.17, 15) is 13.2 Å². The Morgan fingerprint density at radius 2 is 2.00 bits per heavy atom. The third kappa shape index (κ3) is 3.98. The van der Waals surface area contributed by atoms with Crippen LogP contribution >= 0.6 is 0 Å². The van der Waals surface area contributed by atoms with Gasteiger partial charge in [-0.3, -0.25) is 4.79 Å². The molecule has 8 heteroatoms. The number of ether oxygens (including phenoxy) is 1. The summed E-state index contributed by atoms with van der Waals surface area (Å²) in [7, 11) is -3.18. The normalized spacial score (nSPS) is 28.1. The van der Waals surface area contributed by atoms with Crippen molar-refractivity contribution in [1.29, 1.82) is 0 Å². The van der Waals surface area contributed by atoms with E-state index in [0.29, 0.717) is 45.6 Å². The summed E-state index contributed by atoms with van der Waals surface area (Å²) < 4.78 is 30.6. The summed E-state index contributed by atoms with van der Waals surface area (Å²) in [6.07, 6.45) is 2.50. The van der Waals surface area contributed by atoms with E-state index in [1.54, 1.807) is 4.31 Å². The first kappa shape index (κ1) is 17.7. The Balaban J connectivity index is 1.92. The van der Waals surface area contributed by atoms with Gasteiger partial charge in [-0.25, -0.2) is 8.42 Å². The van der Waals surface area contributed by atoms with Crippen molar-refractivity contribution in [2.45, 2.75) is 44.9 Å². The van der Waals surface area contributed by atoms with E-state index in [1.165, 1.54) is 6.26 Å². The standard InChI is InChI=1S/C14H27N3O4S/c1-4-17(22(3,19)20)12-5-8-16(9-6-12)14(18)13-11(2)21-10-7-15-13/h11-13,15H,4-10H2,1-3H3/t11-,13+/m1/s1. The molecule has 0 unspecified atom stereocenters. The Kier molecular flexibility index (Phi) is 5.81. The zero-order chi connectivity index (χ0) is 16.3. The fourth-order valence-electron chi connectivity index (χ4n) is 3.34. The Morgan fingerprint density at radius 3 is 2.50 bits per heavy atom. The number of morpholine rings is 1. The number of nitrogens with one attached hydrogen (secondary N) is 1. The van der Waals surface area contributed by atoms with Crippen LogP contribution in [0.3, 0.4) is 0 Å². The minimum Gasteiger partial charge on any atom is -0.375 e. The molecule has 2 fully saturated rings. The molecule has 1 N–H and O–H groups in total. The second kappa shape index (κ2) is 7.25. The van der Waals surface area contributed by atoms with E-state index in [1.807, 2.05) is 18.7 Å². The van der Waals surface area contributed by atoms with Crippen LogP contribution in [0.4, 0.5) is 0 Å². The lowest BCUT2D eigenvalue weighted by molar-refractivity contribution is -0.140. The number of rotatable bonds is 4. The number of piperidine rings is 1. The largest absolute Gasteiger partial charge is 0.375 e. The van der Waals surface area contributed by atoms with Crippen LogP contribution in [0.1, 0.15) is 26.7 Å². The molecule has 0 aromatic heterocycles. The van der Waals surface area contributed by atoms with Crippen LogP contribution in [-0.2, 0) is 19.6 Å². The van der Waals surface area contributed by atoms with Gasteiger partial charge in [0.25, 0.3) is 0 Å². The number of hydrogen-bond acceptors (Lipinski definition) is 5. The van der Waals surface area contributed by atoms with E-state index in [0.717, 1.165) is 0 Å². The molecular formula is C14H27N3O4S. The van der Waals surface area contributed by atoms with Crippen LogP contribution in [-0.4, -0.2) is 80.8 Å². The molecule has 128 valence electrons. The van der Waals surface area contributed by atoms with E-state index in [-0.39, 0.29) is 24.1 Å². The number of carbonyl (C=O) groups excluding carboxylic acids is 1. The molecule has 2 heterocycles. The molecule has 1 amide bonds. The molecule has 0 aromatic carbocycles. The molecule has 2 aliphatic rings. The summed E-state index contributed by atoms with van der Waals surface area (Å²) >= 11 is 0. The topological polar surface area (TPSA) is 79.0 Å². The lowest BCUT2D eigenvalue weighted by atomic mass is 10.0. The van der Waals surface area contributed by atoms with Crippen LogP contribution in [0.15, 0.2) is 0 Å². The number of nitrogens with zero attached hydrogens (tertiary/aromatic N) is 2. The molecule has 0 spiro atoms. The molecule has 0 radical (unpaired) electrons. The Hall–Kier alpha value is -0.700. The fourth-order valence-corrected chi connectivity index (χ4v) is 4.57. The van der Waals surface area contributed by atoms with Gasteiger partial charge < -0.3 is 15.0 Å². The minimum absolute atomic E-state index is 0.00274. The summed E-state index contributed by atoms with van der Waals surface area (Å²) in [4.78, 5) is 14.4. The molecule has 2 saturated heterocycles. The quantitative estimate of drug-likeness (QED) is 0.760. The Bertz CT molecular complexity index is 488. The summed E-state index contributed by atoms with van der Waals surface area (Å²) in [5.74, 6) is 0.0630. The van der Waals surface area contributed by atoms with Crippen LogP contribution in [0.2, 0.25) is 0 Å². The monoisotopic (exact) mass is 333 g/mol. The van der Waals surface area contributed by atoms with Gasteiger partial charge >= 0.3 is 0 Å². The van der Waals surface area contributed by atoms with Gasteiger partial charge in [-0.15, -0.1) is 0 Å². The van der Waals surface area contributed by atoms with Gasteiger partial charge in [-0.2, -0.15) is 4.31 Å². The van der Waals surface area contributed by atoms with Crippen molar-refractivity contribution in [2.75, 3.05) is 39.0 Å². The van der Waals surface area contributed by atoms with Crippen molar-refractivity contribution >= 4 is 15.9 Å². The maximum atomic E-state index is 12.6. The third-order valence-corrected chi connectivity index (χ3v) is 5.91. The fraction of sp³-hybridized carbons (Fsp3) is 0.929. The van der Waals surface area contributed by atoms with Gasteiger partial charge in [0.2, 0.25) is 15.9 Å².